The van der Waals surface area contributed by atoms with Gasteiger partial charge in [0.25, 0.3) is 5.91 Å². The van der Waals surface area contributed by atoms with Gasteiger partial charge in [-0.1, -0.05) is 6.07 Å². The summed E-state index contributed by atoms with van der Waals surface area (Å²) >= 11 is 0. The second-order valence-corrected chi connectivity index (χ2v) is 6.36. The van der Waals surface area contributed by atoms with Crippen molar-refractivity contribution >= 4 is 17.6 Å². The van der Waals surface area contributed by atoms with Gasteiger partial charge in [-0.15, -0.1) is 0 Å². The Labute approximate surface area is 164 Å². The number of aryl methyl sites for hydroxylation is 2. The normalized spacial score (nSPS) is 11.1. The number of hydrogen-bond acceptors (Lipinski definition) is 5. The van der Waals surface area contributed by atoms with Crippen molar-refractivity contribution in [2.24, 2.45) is 5.10 Å². The number of amides is 1. The smallest absolute Gasteiger partial charge is 0.307 e. The molecule has 148 valence electrons. The van der Waals surface area contributed by atoms with Crippen LogP contribution in [0, 0.1) is 13.8 Å². The fourth-order valence-electron chi connectivity index (χ4n) is 2.50. The predicted molar refractivity (Wildman–Crippen MR) is 106 cm³/mol. The molecule has 7 heteroatoms. The average Bonchev–Trinajstić information content (AvgIpc) is 2.66. The first kappa shape index (κ1) is 21.0. The lowest BCUT2D eigenvalue weighted by Gasteiger charge is -2.10. The molecule has 28 heavy (non-hydrogen) atoms. The first-order chi connectivity index (χ1) is 13.3. The van der Waals surface area contributed by atoms with E-state index >= 15 is 0 Å². The van der Waals surface area contributed by atoms with E-state index in [1.165, 1.54) is 7.11 Å². The van der Waals surface area contributed by atoms with Crippen molar-refractivity contribution in [3.8, 4) is 11.5 Å². The number of carbonyl (C=O) groups is 2. The van der Waals surface area contributed by atoms with Crippen LogP contribution >= 0.6 is 0 Å². The van der Waals surface area contributed by atoms with E-state index in [1.54, 1.807) is 25.1 Å². The van der Waals surface area contributed by atoms with Crippen LogP contribution in [0.4, 0.5) is 0 Å². The third-order valence-electron chi connectivity index (χ3n) is 4.24. The van der Waals surface area contributed by atoms with Gasteiger partial charge in [0.2, 0.25) is 0 Å². The first-order valence-electron chi connectivity index (χ1n) is 8.72. The standard InChI is InChI=1S/C21H24N2O5/c1-13-5-7-18(9-14(13)2)28-12-20(24)23-22-15(3)16-6-8-19(27-4)17(10-16)11-21(25)26/h5-10H,11-12H2,1-4H3,(H,23,24)(H,25,26)/b22-15-. The predicted octanol–water partition coefficient (Wildman–Crippen LogP) is 2.86. The quantitative estimate of drug-likeness (QED) is 0.539. The van der Waals surface area contributed by atoms with E-state index in [2.05, 4.69) is 10.5 Å². The molecule has 2 rings (SSSR count). The Hall–Kier alpha value is -3.35. The van der Waals surface area contributed by atoms with Crippen molar-refractivity contribution in [2.75, 3.05) is 13.7 Å². The van der Waals surface area contributed by atoms with E-state index in [9.17, 15) is 9.59 Å². The fourth-order valence-corrected chi connectivity index (χ4v) is 2.50. The SMILES string of the molecule is COc1ccc(/C(C)=N\NC(=O)COc2ccc(C)c(C)c2)cc1CC(=O)O. The number of aliphatic carboxylic acids is 1. The lowest BCUT2D eigenvalue weighted by molar-refractivity contribution is -0.136. The molecule has 0 radical (unpaired) electrons. The van der Waals surface area contributed by atoms with Gasteiger partial charge >= 0.3 is 5.97 Å². The van der Waals surface area contributed by atoms with Crippen molar-refractivity contribution in [3.05, 3.63) is 58.7 Å². The van der Waals surface area contributed by atoms with Gasteiger partial charge in [-0.05, 0) is 67.8 Å². The molecule has 0 saturated heterocycles. The van der Waals surface area contributed by atoms with Gasteiger partial charge in [0, 0.05) is 5.56 Å². The number of ether oxygens (including phenoxy) is 2. The van der Waals surface area contributed by atoms with Crippen molar-refractivity contribution in [3.63, 3.8) is 0 Å². The van der Waals surface area contributed by atoms with E-state index in [1.807, 2.05) is 32.0 Å². The molecule has 0 bridgehead atoms. The van der Waals surface area contributed by atoms with Gasteiger partial charge in [-0.3, -0.25) is 9.59 Å². The summed E-state index contributed by atoms with van der Waals surface area (Å²) < 4.78 is 10.7. The number of methoxy groups -OCH3 is 1. The molecule has 0 spiro atoms. The molecule has 1 amide bonds. The van der Waals surface area contributed by atoms with Crippen LogP contribution in [0.25, 0.3) is 0 Å². The zero-order valence-electron chi connectivity index (χ0n) is 16.4. The van der Waals surface area contributed by atoms with Gasteiger partial charge in [0.15, 0.2) is 6.61 Å². The number of benzene rings is 2. The van der Waals surface area contributed by atoms with Crippen LogP contribution in [0.2, 0.25) is 0 Å². The highest BCUT2D eigenvalue weighted by Gasteiger charge is 2.10. The van der Waals surface area contributed by atoms with Crippen molar-refractivity contribution in [2.45, 2.75) is 27.2 Å². The molecule has 0 aliphatic heterocycles. The molecule has 0 fully saturated rings. The number of carbonyl (C=O) groups excluding carboxylic acids is 1. The Morgan fingerprint density at radius 3 is 2.50 bits per heavy atom. The monoisotopic (exact) mass is 384 g/mol. The van der Waals surface area contributed by atoms with Crippen LogP contribution in [0.5, 0.6) is 11.5 Å². The average molecular weight is 384 g/mol. The fraction of sp³-hybridized carbons (Fsp3) is 0.286. The van der Waals surface area contributed by atoms with Gasteiger partial charge in [-0.25, -0.2) is 5.43 Å². The number of nitrogens with zero attached hydrogens (tertiary/aromatic N) is 1. The Morgan fingerprint density at radius 1 is 1.11 bits per heavy atom. The highest BCUT2D eigenvalue weighted by molar-refractivity contribution is 5.99. The number of carboxylic acid groups (broad SMARTS) is 1. The first-order valence-corrected chi connectivity index (χ1v) is 8.72. The molecular weight excluding hydrogens is 360 g/mol. The summed E-state index contributed by atoms with van der Waals surface area (Å²) in [6.07, 6.45) is -0.166. The maximum Gasteiger partial charge on any atom is 0.307 e. The number of carboxylic acids is 1. The second kappa shape index (κ2) is 9.55. The van der Waals surface area contributed by atoms with E-state index in [4.69, 9.17) is 14.6 Å². The summed E-state index contributed by atoms with van der Waals surface area (Å²) in [6.45, 7) is 5.54. The van der Waals surface area contributed by atoms with Crippen LogP contribution in [0.15, 0.2) is 41.5 Å². The second-order valence-electron chi connectivity index (χ2n) is 6.36. The third kappa shape index (κ3) is 5.84. The zero-order chi connectivity index (χ0) is 20.7. The van der Waals surface area contributed by atoms with Crippen LogP contribution in [-0.2, 0) is 16.0 Å². The van der Waals surface area contributed by atoms with Gasteiger partial charge < -0.3 is 14.6 Å². The molecule has 0 unspecified atom stereocenters. The largest absolute Gasteiger partial charge is 0.496 e. The van der Waals surface area contributed by atoms with Crippen molar-refractivity contribution in [1.29, 1.82) is 0 Å². The molecule has 2 aromatic rings. The summed E-state index contributed by atoms with van der Waals surface area (Å²) in [7, 11) is 1.48. The van der Waals surface area contributed by atoms with Crippen LogP contribution in [-0.4, -0.2) is 36.4 Å². The molecular formula is C21H24N2O5. The van der Waals surface area contributed by atoms with E-state index < -0.39 is 11.9 Å². The number of hydrogen-bond donors (Lipinski definition) is 2. The minimum Gasteiger partial charge on any atom is -0.496 e. The van der Waals surface area contributed by atoms with Crippen molar-refractivity contribution < 1.29 is 24.2 Å². The third-order valence-corrected chi connectivity index (χ3v) is 4.24. The Kier molecular flexibility index (Phi) is 7.14. The topological polar surface area (TPSA) is 97.2 Å². The summed E-state index contributed by atoms with van der Waals surface area (Å²) in [4.78, 5) is 23.0. The van der Waals surface area contributed by atoms with E-state index in [-0.39, 0.29) is 13.0 Å². The van der Waals surface area contributed by atoms with Gasteiger partial charge in [0.05, 0.1) is 19.2 Å². The zero-order valence-corrected chi connectivity index (χ0v) is 16.4. The highest BCUT2D eigenvalue weighted by Crippen LogP contribution is 2.21. The van der Waals surface area contributed by atoms with Gasteiger partial charge in [-0.2, -0.15) is 5.10 Å². The van der Waals surface area contributed by atoms with E-state index in [0.717, 1.165) is 11.1 Å². The number of nitrogens with one attached hydrogen (secondary N) is 1. The highest BCUT2D eigenvalue weighted by atomic mass is 16.5. The van der Waals surface area contributed by atoms with Crippen molar-refractivity contribution in [1.82, 2.24) is 5.43 Å². The maximum atomic E-state index is 12.0. The van der Waals surface area contributed by atoms with Crippen LogP contribution in [0.1, 0.15) is 29.2 Å². The minimum absolute atomic E-state index is 0.161. The van der Waals surface area contributed by atoms with Crippen LogP contribution in [0.3, 0.4) is 0 Å². The van der Waals surface area contributed by atoms with E-state index in [0.29, 0.717) is 28.3 Å². The lowest BCUT2D eigenvalue weighted by Crippen LogP contribution is -2.25. The molecule has 0 atom stereocenters. The summed E-state index contributed by atoms with van der Waals surface area (Å²) in [5, 5.41) is 13.1. The van der Waals surface area contributed by atoms with Crippen LogP contribution < -0.4 is 14.9 Å². The molecule has 2 aromatic carbocycles. The molecule has 0 saturated carbocycles. The molecule has 0 aromatic heterocycles. The molecule has 2 N–H and O–H groups in total. The summed E-state index contributed by atoms with van der Waals surface area (Å²) in [6, 6.07) is 10.7. The Bertz CT molecular complexity index is 906. The molecule has 0 aliphatic carbocycles. The summed E-state index contributed by atoms with van der Waals surface area (Å²) in [5.41, 5.74) is 6.44. The molecule has 0 aliphatic rings. The Balaban J connectivity index is 1.99. The Morgan fingerprint density at radius 2 is 1.86 bits per heavy atom. The minimum atomic E-state index is -0.957. The van der Waals surface area contributed by atoms with Gasteiger partial charge in [0.1, 0.15) is 11.5 Å². The lowest BCUT2D eigenvalue weighted by atomic mass is 10.0. The molecule has 0 heterocycles. The summed E-state index contributed by atoms with van der Waals surface area (Å²) in [5.74, 6) is -0.240. The number of hydrazone groups is 1. The molecule has 7 nitrogen and oxygen atoms in total. The maximum absolute atomic E-state index is 12.0. The number of rotatable bonds is 8.